The summed E-state index contributed by atoms with van der Waals surface area (Å²) >= 11 is 17.6. The lowest BCUT2D eigenvalue weighted by Crippen LogP contribution is -2.19. The van der Waals surface area contributed by atoms with E-state index in [1.807, 2.05) is 0 Å². The van der Waals surface area contributed by atoms with Crippen LogP contribution in [0.25, 0.3) is 11.5 Å². The van der Waals surface area contributed by atoms with Gasteiger partial charge in [0, 0.05) is 16.3 Å². The zero-order valence-electron chi connectivity index (χ0n) is 11.9. The highest BCUT2D eigenvalue weighted by Crippen LogP contribution is 2.28. The zero-order chi connectivity index (χ0) is 17.1. The summed E-state index contributed by atoms with van der Waals surface area (Å²) in [5.41, 5.74) is 1.16. The van der Waals surface area contributed by atoms with E-state index in [0.29, 0.717) is 26.3 Å². The van der Waals surface area contributed by atoms with Gasteiger partial charge in [0.05, 0.1) is 10.0 Å². The molecule has 6 nitrogen and oxygen atoms in total. The molecule has 122 valence electrons. The Balaban J connectivity index is 1.68. The van der Waals surface area contributed by atoms with Gasteiger partial charge in [-0.05, 0) is 42.5 Å². The molecular formula is C15H9Cl3N4O2. The third kappa shape index (κ3) is 3.97. The maximum atomic E-state index is 11.9. The van der Waals surface area contributed by atoms with Crippen molar-refractivity contribution in [2.24, 2.45) is 0 Å². The molecule has 3 aromatic rings. The van der Waals surface area contributed by atoms with Crippen LogP contribution < -0.4 is 10.6 Å². The minimum absolute atomic E-state index is 0.0532. The smallest absolute Gasteiger partial charge is 0.327 e. The van der Waals surface area contributed by atoms with E-state index in [1.165, 1.54) is 0 Å². The maximum absolute atomic E-state index is 11.9. The van der Waals surface area contributed by atoms with Crippen LogP contribution in [-0.2, 0) is 0 Å². The second-order valence-electron chi connectivity index (χ2n) is 4.63. The Hall–Kier alpha value is -2.28. The summed E-state index contributed by atoms with van der Waals surface area (Å²) in [7, 11) is 0. The molecule has 0 radical (unpaired) electrons. The Morgan fingerprint density at radius 1 is 0.917 bits per heavy atom. The Morgan fingerprint density at radius 3 is 2.38 bits per heavy atom. The molecule has 2 N–H and O–H groups in total. The molecule has 1 aromatic heterocycles. The van der Waals surface area contributed by atoms with Gasteiger partial charge in [0.2, 0.25) is 5.89 Å². The normalized spacial score (nSPS) is 10.5. The highest BCUT2D eigenvalue weighted by Gasteiger charge is 2.12. The van der Waals surface area contributed by atoms with Gasteiger partial charge in [0.1, 0.15) is 0 Å². The van der Waals surface area contributed by atoms with E-state index in [-0.39, 0.29) is 11.9 Å². The number of nitrogens with one attached hydrogen (secondary N) is 2. The summed E-state index contributed by atoms with van der Waals surface area (Å²) in [5.74, 6) is 0.204. The van der Waals surface area contributed by atoms with Crippen molar-refractivity contribution in [1.29, 1.82) is 0 Å². The molecule has 0 aliphatic heterocycles. The number of halogens is 3. The second kappa shape index (κ2) is 7.09. The van der Waals surface area contributed by atoms with Crippen LogP contribution in [0.15, 0.2) is 46.9 Å². The highest BCUT2D eigenvalue weighted by molar-refractivity contribution is 6.42. The van der Waals surface area contributed by atoms with E-state index in [9.17, 15) is 4.79 Å². The van der Waals surface area contributed by atoms with Gasteiger partial charge in [-0.1, -0.05) is 39.9 Å². The molecule has 0 unspecified atom stereocenters. The van der Waals surface area contributed by atoms with Crippen molar-refractivity contribution in [3.8, 4) is 11.5 Å². The van der Waals surface area contributed by atoms with Crippen LogP contribution in [0, 0.1) is 0 Å². The van der Waals surface area contributed by atoms with Gasteiger partial charge < -0.3 is 9.73 Å². The maximum Gasteiger partial charge on any atom is 0.327 e. The summed E-state index contributed by atoms with van der Waals surface area (Å²) in [5, 5.41) is 14.0. The van der Waals surface area contributed by atoms with Gasteiger partial charge in [-0.2, -0.15) is 0 Å². The van der Waals surface area contributed by atoms with Gasteiger partial charge >= 0.3 is 12.0 Å². The van der Waals surface area contributed by atoms with Crippen LogP contribution in [0.1, 0.15) is 0 Å². The van der Waals surface area contributed by atoms with Crippen molar-refractivity contribution in [3.05, 3.63) is 57.5 Å². The lowest BCUT2D eigenvalue weighted by Gasteiger charge is -2.04. The van der Waals surface area contributed by atoms with E-state index in [2.05, 4.69) is 20.8 Å². The first-order valence-electron chi connectivity index (χ1n) is 6.64. The fraction of sp³-hybridized carbons (Fsp3) is 0. The topological polar surface area (TPSA) is 80.0 Å². The lowest BCUT2D eigenvalue weighted by atomic mass is 10.2. The van der Waals surface area contributed by atoms with Crippen LogP contribution in [0.4, 0.5) is 16.5 Å². The van der Waals surface area contributed by atoms with Gasteiger partial charge in [-0.15, -0.1) is 5.10 Å². The number of hydrogen-bond donors (Lipinski definition) is 2. The lowest BCUT2D eigenvalue weighted by molar-refractivity contribution is 0.261. The van der Waals surface area contributed by atoms with Gasteiger partial charge in [-0.3, -0.25) is 5.32 Å². The molecule has 0 bridgehead atoms. The number of hydrogen-bond acceptors (Lipinski definition) is 4. The first-order valence-corrected chi connectivity index (χ1v) is 7.77. The number of nitrogens with zero attached hydrogens (tertiary/aromatic N) is 2. The first-order chi connectivity index (χ1) is 11.5. The molecule has 0 spiro atoms. The van der Waals surface area contributed by atoms with E-state index in [1.54, 1.807) is 42.5 Å². The van der Waals surface area contributed by atoms with Crippen molar-refractivity contribution < 1.29 is 9.21 Å². The van der Waals surface area contributed by atoms with Crippen molar-refractivity contribution in [1.82, 2.24) is 10.2 Å². The largest absolute Gasteiger partial charge is 0.403 e. The fourth-order valence-electron chi connectivity index (χ4n) is 1.81. The summed E-state index contributed by atoms with van der Waals surface area (Å²) in [6.45, 7) is 0. The number of amides is 2. The van der Waals surface area contributed by atoms with Gasteiger partial charge in [-0.25, -0.2) is 4.79 Å². The van der Waals surface area contributed by atoms with Crippen molar-refractivity contribution in [3.63, 3.8) is 0 Å². The Labute approximate surface area is 151 Å². The molecular weight excluding hydrogens is 375 g/mol. The molecule has 0 aliphatic carbocycles. The number of urea groups is 1. The Morgan fingerprint density at radius 2 is 1.67 bits per heavy atom. The van der Waals surface area contributed by atoms with Crippen LogP contribution in [0.3, 0.4) is 0 Å². The van der Waals surface area contributed by atoms with Crippen molar-refractivity contribution >= 4 is 52.5 Å². The zero-order valence-corrected chi connectivity index (χ0v) is 14.2. The minimum atomic E-state index is -0.526. The molecule has 2 amide bonds. The standard InChI is InChI=1S/C15H9Cl3N4O2/c16-9-2-4-10(5-3-9)19-14(23)20-15-22-21-13(24-15)8-1-6-11(17)12(18)7-8/h1-7H,(H2,19,20,22,23). The first kappa shape index (κ1) is 16.6. The molecule has 0 saturated heterocycles. The number of carbonyl (C=O) groups is 1. The average molecular weight is 384 g/mol. The second-order valence-corrected chi connectivity index (χ2v) is 5.88. The predicted octanol–water partition coefficient (Wildman–Crippen LogP) is 5.34. The van der Waals surface area contributed by atoms with E-state index in [4.69, 9.17) is 39.2 Å². The van der Waals surface area contributed by atoms with E-state index >= 15 is 0 Å². The van der Waals surface area contributed by atoms with Crippen LogP contribution >= 0.6 is 34.8 Å². The molecule has 9 heteroatoms. The van der Waals surface area contributed by atoms with Crippen LogP contribution in [0.2, 0.25) is 15.1 Å². The number of carbonyl (C=O) groups excluding carboxylic acids is 1. The molecule has 24 heavy (non-hydrogen) atoms. The van der Waals surface area contributed by atoms with Crippen LogP contribution in [0.5, 0.6) is 0 Å². The van der Waals surface area contributed by atoms with Gasteiger partial charge in [0.15, 0.2) is 0 Å². The molecule has 0 fully saturated rings. The molecule has 1 heterocycles. The third-order valence-corrected chi connectivity index (χ3v) is 3.91. The number of rotatable bonds is 3. The van der Waals surface area contributed by atoms with Crippen molar-refractivity contribution in [2.75, 3.05) is 10.6 Å². The molecule has 3 rings (SSSR count). The Bertz CT molecular complexity index is 881. The molecule has 0 saturated carbocycles. The van der Waals surface area contributed by atoms with E-state index < -0.39 is 6.03 Å². The summed E-state index contributed by atoms with van der Waals surface area (Å²) in [6, 6.07) is 11.0. The Kier molecular flexibility index (Phi) is 4.89. The monoisotopic (exact) mass is 382 g/mol. The third-order valence-electron chi connectivity index (χ3n) is 2.91. The molecule has 2 aromatic carbocycles. The summed E-state index contributed by atoms with van der Waals surface area (Å²) in [4.78, 5) is 11.9. The molecule has 0 aliphatic rings. The van der Waals surface area contributed by atoms with Crippen molar-refractivity contribution in [2.45, 2.75) is 0 Å². The quantitative estimate of drug-likeness (QED) is 0.639. The highest BCUT2D eigenvalue weighted by atomic mass is 35.5. The SMILES string of the molecule is O=C(Nc1ccc(Cl)cc1)Nc1nnc(-c2ccc(Cl)c(Cl)c2)o1. The van der Waals surface area contributed by atoms with Gasteiger partial charge in [0.25, 0.3) is 0 Å². The molecule has 0 atom stereocenters. The number of benzene rings is 2. The van der Waals surface area contributed by atoms with Crippen LogP contribution in [-0.4, -0.2) is 16.2 Å². The average Bonchev–Trinajstić information content (AvgIpc) is 3.00. The van der Waals surface area contributed by atoms with E-state index in [0.717, 1.165) is 0 Å². The predicted molar refractivity (Wildman–Crippen MR) is 93.8 cm³/mol. The fourth-order valence-corrected chi connectivity index (χ4v) is 2.24. The number of aromatic nitrogens is 2. The minimum Gasteiger partial charge on any atom is -0.403 e. The summed E-state index contributed by atoms with van der Waals surface area (Å²) in [6.07, 6.45) is 0. The summed E-state index contributed by atoms with van der Waals surface area (Å²) < 4.78 is 5.38. The number of anilines is 2.